The maximum atomic E-state index is 2.47. The summed E-state index contributed by atoms with van der Waals surface area (Å²) in [7, 11) is 2.25. The molecular formula is C14H19NS. The summed E-state index contributed by atoms with van der Waals surface area (Å²) in [5.41, 5.74) is 6.35. The predicted octanol–water partition coefficient (Wildman–Crippen LogP) is 3.16. The number of aryl methyl sites for hydroxylation is 2. The van der Waals surface area contributed by atoms with Gasteiger partial charge in [-0.05, 0) is 49.3 Å². The van der Waals surface area contributed by atoms with Crippen LogP contribution in [0.1, 0.15) is 33.9 Å². The molecule has 1 unspecified atom stereocenters. The molecule has 2 heteroatoms. The van der Waals surface area contributed by atoms with E-state index in [9.17, 15) is 0 Å². The number of nitrogens with zero attached hydrogens (tertiary/aromatic N) is 1. The fourth-order valence-corrected chi connectivity index (χ4v) is 4.48. The Morgan fingerprint density at radius 3 is 3.00 bits per heavy atom. The minimum absolute atomic E-state index is 0.729. The lowest BCUT2D eigenvalue weighted by Gasteiger charge is -2.32. The summed E-state index contributed by atoms with van der Waals surface area (Å²) in [5, 5.41) is 0.729. The molecule has 0 N–H and O–H groups in total. The van der Waals surface area contributed by atoms with Crippen molar-refractivity contribution in [2.45, 2.75) is 31.6 Å². The van der Waals surface area contributed by atoms with Crippen molar-refractivity contribution in [3.05, 3.63) is 34.4 Å². The van der Waals surface area contributed by atoms with Gasteiger partial charge in [0.05, 0.1) is 0 Å². The van der Waals surface area contributed by atoms with Crippen LogP contribution >= 0.6 is 11.8 Å². The van der Waals surface area contributed by atoms with Crippen LogP contribution in [0.5, 0.6) is 0 Å². The van der Waals surface area contributed by atoms with Crippen molar-refractivity contribution in [2.75, 3.05) is 19.3 Å². The molecule has 86 valence electrons. The molecule has 0 radical (unpaired) electrons. The van der Waals surface area contributed by atoms with E-state index in [0.29, 0.717) is 0 Å². The van der Waals surface area contributed by atoms with Crippen molar-refractivity contribution in [2.24, 2.45) is 0 Å². The maximum absolute atomic E-state index is 2.47. The number of rotatable bonds is 0. The molecule has 1 atom stereocenters. The Hall–Kier alpha value is -0.470. The first-order valence-electron chi connectivity index (χ1n) is 6.16. The van der Waals surface area contributed by atoms with Crippen LogP contribution in [0.2, 0.25) is 0 Å². The summed E-state index contributed by atoms with van der Waals surface area (Å²) in [4.78, 5) is 2.47. The lowest BCUT2D eigenvalue weighted by Crippen LogP contribution is -2.29. The number of benzene rings is 1. The number of hydrogen-bond acceptors (Lipinski definition) is 2. The van der Waals surface area contributed by atoms with Crippen molar-refractivity contribution in [3.63, 3.8) is 0 Å². The lowest BCUT2D eigenvalue weighted by molar-refractivity contribution is 0.309. The molecule has 0 aliphatic carbocycles. The summed E-state index contributed by atoms with van der Waals surface area (Å²) in [5.74, 6) is 1.33. The molecule has 0 amide bonds. The van der Waals surface area contributed by atoms with Crippen LogP contribution in [0.15, 0.2) is 12.1 Å². The van der Waals surface area contributed by atoms with Gasteiger partial charge in [-0.15, -0.1) is 0 Å². The molecule has 16 heavy (non-hydrogen) atoms. The highest BCUT2D eigenvalue weighted by Crippen LogP contribution is 2.41. The summed E-state index contributed by atoms with van der Waals surface area (Å²) < 4.78 is 0. The Kier molecular flexibility index (Phi) is 2.72. The van der Waals surface area contributed by atoms with E-state index in [1.807, 2.05) is 0 Å². The zero-order chi connectivity index (χ0) is 11.1. The van der Waals surface area contributed by atoms with Gasteiger partial charge in [0.1, 0.15) is 0 Å². The van der Waals surface area contributed by atoms with Crippen molar-refractivity contribution in [1.29, 1.82) is 0 Å². The third kappa shape index (κ3) is 1.78. The smallest absolute Gasteiger partial charge is 0.0430 e. The van der Waals surface area contributed by atoms with Gasteiger partial charge in [-0.3, -0.25) is 0 Å². The third-order valence-electron chi connectivity index (χ3n) is 3.64. The van der Waals surface area contributed by atoms with Gasteiger partial charge in [0, 0.05) is 18.3 Å². The van der Waals surface area contributed by atoms with Gasteiger partial charge < -0.3 is 4.90 Å². The van der Waals surface area contributed by atoms with Crippen LogP contribution in [0.4, 0.5) is 0 Å². The largest absolute Gasteiger partial charge is 0.301 e. The molecule has 1 aromatic rings. The second-order valence-electron chi connectivity index (χ2n) is 5.16. The zero-order valence-corrected chi connectivity index (χ0v) is 10.9. The van der Waals surface area contributed by atoms with E-state index >= 15 is 0 Å². The molecule has 2 aliphatic rings. The van der Waals surface area contributed by atoms with Crippen LogP contribution in [-0.4, -0.2) is 24.2 Å². The molecule has 3 rings (SSSR count). The highest BCUT2D eigenvalue weighted by molar-refractivity contribution is 7.99. The minimum Gasteiger partial charge on any atom is -0.301 e. The Morgan fingerprint density at radius 2 is 2.12 bits per heavy atom. The van der Waals surface area contributed by atoms with Crippen molar-refractivity contribution >= 4 is 11.8 Å². The quantitative estimate of drug-likeness (QED) is 0.677. The molecule has 1 aromatic carbocycles. The Balaban J connectivity index is 2.14. The van der Waals surface area contributed by atoms with Crippen LogP contribution in [0.25, 0.3) is 0 Å². The first-order chi connectivity index (χ1) is 7.74. The van der Waals surface area contributed by atoms with Gasteiger partial charge >= 0.3 is 0 Å². The van der Waals surface area contributed by atoms with E-state index in [1.165, 1.54) is 30.7 Å². The summed E-state index contributed by atoms with van der Waals surface area (Å²) in [6, 6.07) is 4.82. The van der Waals surface area contributed by atoms with Gasteiger partial charge in [-0.1, -0.05) is 17.7 Å². The molecule has 0 spiro atoms. The first-order valence-corrected chi connectivity index (χ1v) is 7.21. The first kappa shape index (κ1) is 10.7. The highest BCUT2D eigenvalue weighted by Gasteiger charge is 2.27. The molecular weight excluding hydrogens is 214 g/mol. The molecule has 0 aromatic heterocycles. The average Bonchev–Trinajstić information content (AvgIpc) is 2.40. The van der Waals surface area contributed by atoms with Crippen molar-refractivity contribution < 1.29 is 0 Å². The normalized spacial score (nSPS) is 25.0. The van der Waals surface area contributed by atoms with E-state index in [2.05, 4.69) is 42.8 Å². The number of thioether (sulfide) groups is 1. The molecule has 0 saturated carbocycles. The van der Waals surface area contributed by atoms with Crippen LogP contribution in [0.3, 0.4) is 0 Å². The molecule has 0 fully saturated rings. The summed E-state index contributed by atoms with van der Waals surface area (Å²) in [6.07, 6.45) is 2.64. The molecule has 2 heterocycles. The summed E-state index contributed by atoms with van der Waals surface area (Å²) in [6.45, 7) is 4.60. The average molecular weight is 233 g/mol. The minimum atomic E-state index is 0.729. The molecule has 2 aliphatic heterocycles. The van der Waals surface area contributed by atoms with E-state index in [-0.39, 0.29) is 0 Å². The monoisotopic (exact) mass is 233 g/mol. The van der Waals surface area contributed by atoms with Crippen LogP contribution in [-0.2, 0) is 13.0 Å². The second-order valence-corrected chi connectivity index (χ2v) is 6.47. The number of hydrogen-bond donors (Lipinski definition) is 0. The molecule has 1 nitrogen and oxygen atoms in total. The maximum Gasteiger partial charge on any atom is 0.0430 e. The molecule has 0 bridgehead atoms. The Bertz CT molecular complexity index is 413. The van der Waals surface area contributed by atoms with Crippen LogP contribution < -0.4 is 0 Å². The van der Waals surface area contributed by atoms with Crippen molar-refractivity contribution in [1.82, 2.24) is 4.90 Å². The zero-order valence-electron chi connectivity index (χ0n) is 10.1. The fraction of sp³-hybridized carbons (Fsp3) is 0.571. The van der Waals surface area contributed by atoms with Gasteiger partial charge in [-0.2, -0.15) is 11.8 Å². The van der Waals surface area contributed by atoms with E-state index in [1.54, 1.807) is 16.7 Å². The number of likely N-dealkylation sites (N-methyl/N-ethyl adjacent to an activating group) is 1. The predicted molar refractivity (Wildman–Crippen MR) is 71.0 cm³/mol. The van der Waals surface area contributed by atoms with Crippen molar-refractivity contribution in [3.8, 4) is 0 Å². The fourth-order valence-electron chi connectivity index (χ4n) is 3.06. The Morgan fingerprint density at radius 1 is 1.31 bits per heavy atom. The summed E-state index contributed by atoms with van der Waals surface area (Å²) >= 11 is 2.16. The Labute approximate surface area is 102 Å². The van der Waals surface area contributed by atoms with Gasteiger partial charge in [0.25, 0.3) is 0 Å². The topological polar surface area (TPSA) is 3.24 Å². The van der Waals surface area contributed by atoms with Crippen LogP contribution in [0, 0.1) is 6.92 Å². The SMILES string of the molecule is Cc1cc2c3c(c1)CN(C)CC3SCCC2. The highest BCUT2D eigenvalue weighted by atomic mass is 32.2. The van der Waals surface area contributed by atoms with Gasteiger partial charge in [-0.25, -0.2) is 0 Å². The van der Waals surface area contributed by atoms with Gasteiger partial charge in [0.15, 0.2) is 0 Å². The van der Waals surface area contributed by atoms with Gasteiger partial charge in [0.2, 0.25) is 0 Å². The van der Waals surface area contributed by atoms with E-state index < -0.39 is 0 Å². The lowest BCUT2D eigenvalue weighted by atomic mass is 9.90. The second kappa shape index (κ2) is 4.08. The standard InChI is InChI=1S/C14H19NS/c1-10-6-11-4-3-5-16-13-9-15(2)8-12(7-10)14(11)13/h6-7,13H,3-5,8-9H2,1-2H3. The molecule has 0 saturated heterocycles. The third-order valence-corrected chi connectivity index (χ3v) is 4.96. The van der Waals surface area contributed by atoms with E-state index in [4.69, 9.17) is 0 Å². The van der Waals surface area contributed by atoms with E-state index in [0.717, 1.165) is 11.8 Å².